The Bertz CT molecular complexity index is 355. The topological polar surface area (TPSA) is 54.1 Å². The number of hydrogen-bond acceptors (Lipinski definition) is 3. The number of carbonyl (C=O) groups excluding carboxylic acids is 1. The highest BCUT2D eigenvalue weighted by Gasteiger charge is 2.09. The van der Waals surface area contributed by atoms with Crippen molar-refractivity contribution in [3.8, 4) is 0 Å². The molecule has 0 saturated carbocycles. The van der Waals surface area contributed by atoms with Crippen molar-refractivity contribution in [3.05, 3.63) is 35.8 Å². The molecule has 1 aromatic rings. The van der Waals surface area contributed by atoms with E-state index in [4.69, 9.17) is 0 Å². The third-order valence-corrected chi connectivity index (χ3v) is 2.34. The van der Waals surface area contributed by atoms with Crippen LogP contribution in [0, 0.1) is 0 Å². The lowest BCUT2D eigenvalue weighted by atomic mass is 10.1. The van der Waals surface area contributed by atoms with Crippen molar-refractivity contribution in [2.45, 2.75) is 26.3 Å². The lowest BCUT2D eigenvalue weighted by Gasteiger charge is -2.17. The average molecular weight is 222 g/mol. The number of ether oxygens (including phenoxy) is 1. The summed E-state index contributed by atoms with van der Waals surface area (Å²) in [6.07, 6.45) is 4.28. The number of allylic oxidation sites excluding steroid dienone is 1. The molecule has 0 aliphatic rings. The Kier molecular flexibility index (Phi) is 4.64. The fourth-order valence-electron chi connectivity index (χ4n) is 1.51. The summed E-state index contributed by atoms with van der Waals surface area (Å²) in [4.78, 5) is 14.2. The first-order valence-electron chi connectivity index (χ1n) is 5.33. The number of esters is 1. The van der Waals surface area contributed by atoms with Gasteiger partial charge in [-0.3, -0.25) is 0 Å². The van der Waals surface area contributed by atoms with Crippen LogP contribution in [-0.4, -0.2) is 18.1 Å². The second kappa shape index (κ2) is 6.00. The predicted octanol–water partition coefficient (Wildman–Crippen LogP) is 2.13. The monoisotopic (exact) mass is 222 g/mol. The van der Waals surface area contributed by atoms with Gasteiger partial charge in [-0.05, 0) is 25.5 Å². The van der Waals surface area contributed by atoms with Crippen molar-refractivity contribution in [2.75, 3.05) is 7.11 Å². The molecule has 0 aromatic carbocycles. The molecule has 2 N–H and O–H groups in total. The van der Waals surface area contributed by atoms with Crippen molar-refractivity contribution in [3.63, 3.8) is 0 Å². The van der Waals surface area contributed by atoms with Crippen molar-refractivity contribution in [1.29, 1.82) is 0 Å². The molecule has 0 bridgehead atoms. The first-order chi connectivity index (χ1) is 7.67. The molecular weight excluding hydrogens is 204 g/mol. The van der Waals surface area contributed by atoms with Crippen LogP contribution in [0.25, 0.3) is 0 Å². The van der Waals surface area contributed by atoms with Gasteiger partial charge in [0.15, 0.2) is 0 Å². The number of hydrogen-bond donors (Lipinski definition) is 2. The van der Waals surface area contributed by atoms with Gasteiger partial charge in [-0.25, -0.2) is 4.79 Å². The van der Waals surface area contributed by atoms with Gasteiger partial charge in [-0.2, -0.15) is 0 Å². The van der Waals surface area contributed by atoms with Crippen LogP contribution in [0.3, 0.4) is 0 Å². The van der Waals surface area contributed by atoms with Gasteiger partial charge in [0.2, 0.25) is 0 Å². The van der Waals surface area contributed by atoms with Gasteiger partial charge in [0, 0.05) is 23.7 Å². The molecule has 0 radical (unpaired) electrons. The zero-order valence-corrected chi connectivity index (χ0v) is 9.91. The van der Waals surface area contributed by atoms with Crippen molar-refractivity contribution in [1.82, 2.24) is 10.3 Å². The SMILES string of the molecule is CCC(NC(C)=CC(=O)OC)c1ccc[nH]1. The summed E-state index contributed by atoms with van der Waals surface area (Å²) in [5, 5.41) is 3.26. The maximum Gasteiger partial charge on any atom is 0.332 e. The molecule has 0 spiro atoms. The van der Waals surface area contributed by atoms with E-state index in [0.717, 1.165) is 17.8 Å². The Morgan fingerprint density at radius 3 is 2.94 bits per heavy atom. The molecule has 4 nitrogen and oxygen atoms in total. The third-order valence-electron chi connectivity index (χ3n) is 2.34. The van der Waals surface area contributed by atoms with Crippen molar-refractivity contribution < 1.29 is 9.53 Å². The second-order valence-electron chi connectivity index (χ2n) is 3.58. The summed E-state index contributed by atoms with van der Waals surface area (Å²) < 4.78 is 4.56. The quantitative estimate of drug-likeness (QED) is 0.592. The number of aromatic nitrogens is 1. The molecular formula is C12H18N2O2. The number of rotatable bonds is 5. The van der Waals surface area contributed by atoms with Crippen molar-refractivity contribution >= 4 is 5.97 Å². The Labute approximate surface area is 95.7 Å². The highest BCUT2D eigenvalue weighted by molar-refractivity contribution is 5.82. The summed E-state index contributed by atoms with van der Waals surface area (Å²) >= 11 is 0. The van der Waals surface area contributed by atoms with E-state index in [1.54, 1.807) is 0 Å². The highest BCUT2D eigenvalue weighted by atomic mass is 16.5. The molecule has 1 rings (SSSR count). The molecule has 1 heterocycles. The van der Waals surface area contributed by atoms with Crippen LogP contribution in [-0.2, 0) is 9.53 Å². The molecule has 1 atom stereocenters. The van der Waals surface area contributed by atoms with Crippen LogP contribution in [0.2, 0.25) is 0 Å². The molecule has 88 valence electrons. The molecule has 1 aromatic heterocycles. The summed E-state index contributed by atoms with van der Waals surface area (Å²) in [6, 6.07) is 4.17. The fourth-order valence-corrected chi connectivity index (χ4v) is 1.51. The van der Waals surface area contributed by atoms with E-state index in [-0.39, 0.29) is 12.0 Å². The maximum absolute atomic E-state index is 11.0. The Morgan fingerprint density at radius 1 is 1.69 bits per heavy atom. The normalized spacial score (nSPS) is 13.3. The number of nitrogens with one attached hydrogen (secondary N) is 2. The predicted molar refractivity (Wildman–Crippen MR) is 62.7 cm³/mol. The van der Waals surface area contributed by atoms with E-state index in [1.165, 1.54) is 13.2 Å². The van der Waals surface area contributed by atoms with Gasteiger partial charge in [-0.15, -0.1) is 0 Å². The van der Waals surface area contributed by atoms with E-state index in [0.29, 0.717) is 0 Å². The van der Waals surface area contributed by atoms with Crippen LogP contribution in [0.4, 0.5) is 0 Å². The molecule has 0 aliphatic carbocycles. The lowest BCUT2D eigenvalue weighted by Crippen LogP contribution is -2.20. The average Bonchev–Trinajstić information content (AvgIpc) is 2.79. The van der Waals surface area contributed by atoms with Gasteiger partial charge in [-0.1, -0.05) is 6.92 Å². The zero-order valence-electron chi connectivity index (χ0n) is 9.91. The molecule has 0 fully saturated rings. The van der Waals surface area contributed by atoms with E-state index in [1.807, 2.05) is 25.3 Å². The summed E-state index contributed by atoms with van der Waals surface area (Å²) in [6.45, 7) is 3.94. The van der Waals surface area contributed by atoms with E-state index in [2.05, 4.69) is 22.0 Å². The summed E-state index contributed by atoms with van der Waals surface area (Å²) in [7, 11) is 1.37. The van der Waals surface area contributed by atoms with E-state index in [9.17, 15) is 4.79 Å². The highest BCUT2D eigenvalue weighted by Crippen LogP contribution is 2.15. The van der Waals surface area contributed by atoms with Gasteiger partial charge < -0.3 is 15.0 Å². The fraction of sp³-hybridized carbons (Fsp3) is 0.417. The number of carbonyl (C=O) groups is 1. The number of methoxy groups -OCH3 is 1. The van der Waals surface area contributed by atoms with Gasteiger partial charge in [0.25, 0.3) is 0 Å². The minimum atomic E-state index is -0.341. The Balaban J connectivity index is 2.64. The number of aromatic amines is 1. The first kappa shape index (κ1) is 12.4. The van der Waals surface area contributed by atoms with Crippen LogP contribution in [0.15, 0.2) is 30.1 Å². The standard InChI is InChI=1S/C12H18N2O2/c1-4-10(11-6-5-7-13-11)14-9(2)8-12(15)16-3/h5-8,10,13-14H,4H2,1-3H3. The Hall–Kier alpha value is -1.71. The minimum Gasteiger partial charge on any atom is -0.466 e. The van der Waals surface area contributed by atoms with E-state index >= 15 is 0 Å². The molecule has 0 amide bonds. The molecule has 1 unspecified atom stereocenters. The van der Waals surface area contributed by atoms with Crippen LogP contribution < -0.4 is 5.32 Å². The lowest BCUT2D eigenvalue weighted by molar-refractivity contribution is -0.134. The molecule has 4 heteroatoms. The second-order valence-corrected chi connectivity index (χ2v) is 3.58. The maximum atomic E-state index is 11.0. The van der Waals surface area contributed by atoms with Gasteiger partial charge in [0.05, 0.1) is 13.2 Å². The molecule has 0 aliphatic heterocycles. The van der Waals surface area contributed by atoms with Crippen LogP contribution in [0.5, 0.6) is 0 Å². The summed E-state index contributed by atoms with van der Waals surface area (Å²) in [5.74, 6) is -0.341. The van der Waals surface area contributed by atoms with Crippen molar-refractivity contribution in [2.24, 2.45) is 0 Å². The largest absolute Gasteiger partial charge is 0.466 e. The molecule has 0 saturated heterocycles. The smallest absolute Gasteiger partial charge is 0.332 e. The summed E-state index contributed by atoms with van der Waals surface area (Å²) in [5.41, 5.74) is 1.91. The van der Waals surface area contributed by atoms with Crippen LogP contribution >= 0.6 is 0 Å². The third kappa shape index (κ3) is 3.46. The molecule has 16 heavy (non-hydrogen) atoms. The first-order valence-corrected chi connectivity index (χ1v) is 5.33. The van der Waals surface area contributed by atoms with Crippen LogP contribution in [0.1, 0.15) is 32.0 Å². The van der Waals surface area contributed by atoms with Gasteiger partial charge >= 0.3 is 5.97 Å². The van der Waals surface area contributed by atoms with Gasteiger partial charge in [0.1, 0.15) is 0 Å². The van der Waals surface area contributed by atoms with E-state index < -0.39 is 0 Å². The zero-order chi connectivity index (χ0) is 12.0. The minimum absolute atomic E-state index is 0.191. The Morgan fingerprint density at radius 2 is 2.44 bits per heavy atom. The number of H-pyrrole nitrogens is 1.